The standard InChI is InChI=1S/C13H21NO4/c15-12(6-5-10-3-2-8-18-9-10)14-7-1-4-11(14)13(16)17/h10-11H,1-9H2,(H,16,17). The van der Waals surface area contributed by atoms with E-state index in [0.29, 0.717) is 25.3 Å². The van der Waals surface area contributed by atoms with Gasteiger partial charge in [0.2, 0.25) is 5.91 Å². The summed E-state index contributed by atoms with van der Waals surface area (Å²) in [5.74, 6) is -0.416. The largest absolute Gasteiger partial charge is 0.480 e. The van der Waals surface area contributed by atoms with Crippen LogP contribution in [-0.2, 0) is 14.3 Å². The number of carbonyl (C=O) groups excluding carboxylic acids is 1. The van der Waals surface area contributed by atoms with Crippen LogP contribution in [0.15, 0.2) is 0 Å². The maximum Gasteiger partial charge on any atom is 0.326 e. The zero-order valence-electron chi connectivity index (χ0n) is 10.6. The Balaban J connectivity index is 1.78. The number of amides is 1. The topological polar surface area (TPSA) is 66.8 Å². The predicted octanol–water partition coefficient (Wildman–Crippen LogP) is 1.27. The van der Waals surface area contributed by atoms with Gasteiger partial charge in [0.1, 0.15) is 6.04 Å². The zero-order valence-corrected chi connectivity index (χ0v) is 10.6. The fourth-order valence-corrected chi connectivity index (χ4v) is 2.83. The number of nitrogens with zero attached hydrogens (tertiary/aromatic N) is 1. The molecule has 2 heterocycles. The van der Waals surface area contributed by atoms with E-state index >= 15 is 0 Å². The number of carboxylic acids is 1. The molecule has 0 radical (unpaired) electrons. The minimum absolute atomic E-state index is 0.00882. The summed E-state index contributed by atoms with van der Waals surface area (Å²) in [7, 11) is 0. The van der Waals surface area contributed by atoms with E-state index in [9.17, 15) is 9.59 Å². The average Bonchev–Trinajstić information content (AvgIpc) is 2.86. The van der Waals surface area contributed by atoms with Gasteiger partial charge in [-0.3, -0.25) is 4.79 Å². The van der Waals surface area contributed by atoms with Crippen LogP contribution >= 0.6 is 0 Å². The Hall–Kier alpha value is -1.10. The van der Waals surface area contributed by atoms with Crippen LogP contribution in [0.4, 0.5) is 0 Å². The molecule has 0 aromatic heterocycles. The predicted molar refractivity (Wildman–Crippen MR) is 65.1 cm³/mol. The first-order chi connectivity index (χ1) is 8.68. The van der Waals surface area contributed by atoms with E-state index in [2.05, 4.69) is 0 Å². The smallest absolute Gasteiger partial charge is 0.326 e. The van der Waals surface area contributed by atoms with E-state index in [-0.39, 0.29) is 5.91 Å². The average molecular weight is 255 g/mol. The van der Waals surface area contributed by atoms with Gasteiger partial charge >= 0.3 is 5.97 Å². The number of ether oxygens (including phenoxy) is 1. The molecule has 2 fully saturated rings. The summed E-state index contributed by atoms with van der Waals surface area (Å²) < 4.78 is 5.38. The quantitative estimate of drug-likeness (QED) is 0.821. The van der Waals surface area contributed by atoms with Crippen molar-refractivity contribution in [2.45, 2.75) is 44.6 Å². The van der Waals surface area contributed by atoms with Crippen LogP contribution in [0.5, 0.6) is 0 Å². The van der Waals surface area contributed by atoms with Gasteiger partial charge in [-0.1, -0.05) is 0 Å². The summed E-state index contributed by atoms with van der Waals surface area (Å²) in [6, 6.07) is -0.597. The van der Waals surface area contributed by atoms with Crippen molar-refractivity contribution < 1.29 is 19.4 Å². The number of rotatable bonds is 4. The number of carboxylic acid groups (broad SMARTS) is 1. The molecule has 2 unspecified atom stereocenters. The van der Waals surface area contributed by atoms with Gasteiger partial charge in [-0.15, -0.1) is 0 Å². The molecular weight excluding hydrogens is 234 g/mol. The van der Waals surface area contributed by atoms with Crippen LogP contribution in [-0.4, -0.2) is 47.7 Å². The maximum absolute atomic E-state index is 12.0. The maximum atomic E-state index is 12.0. The molecule has 1 amide bonds. The Labute approximate surface area is 107 Å². The lowest BCUT2D eigenvalue weighted by Crippen LogP contribution is -2.40. The first-order valence-corrected chi connectivity index (χ1v) is 6.78. The van der Waals surface area contributed by atoms with Crippen molar-refractivity contribution in [2.75, 3.05) is 19.8 Å². The van der Waals surface area contributed by atoms with Crippen LogP contribution in [0, 0.1) is 5.92 Å². The molecule has 0 aromatic carbocycles. The van der Waals surface area contributed by atoms with Gasteiger partial charge in [0.25, 0.3) is 0 Å². The number of carbonyl (C=O) groups is 2. The SMILES string of the molecule is O=C(O)C1CCCN1C(=O)CCC1CCCOC1. The molecule has 5 heteroatoms. The molecule has 18 heavy (non-hydrogen) atoms. The van der Waals surface area contributed by atoms with Crippen LogP contribution in [0.2, 0.25) is 0 Å². The molecule has 0 aromatic rings. The highest BCUT2D eigenvalue weighted by Gasteiger charge is 2.33. The van der Waals surface area contributed by atoms with Crippen molar-refractivity contribution in [3.05, 3.63) is 0 Å². The Bertz CT molecular complexity index is 312. The van der Waals surface area contributed by atoms with Crippen LogP contribution in [0.3, 0.4) is 0 Å². The first-order valence-electron chi connectivity index (χ1n) is 6.78. The van der Waals surface area contributed by atoms with Gasteiger partial charge in [0.05, 0.1) is 0 Å². The lowest BCUT2D eigenvalue weighted by Gasteiger charge is -2.24. The second-order valence-electron chi connectivity index (χ2n) is 5.21. The lowest BCUT2D eigenvalue weighted by molar-refractivity contribution is -0.148. The molecule has 2 aliphatic heterocycles. The molecule has 0 saturated carbocycles. The van der Waals surface area contributed by atoms with E-state index in [1.54, 1.807) is 0 Å². The third kappa shape index (κ3) is 3.22. The van der Waals surface area contributed by atoms with E-state index in [1.807, 2.05) is 0 Å². The van der Waals surface area contributed by atoms with Crippen molar-refractivity contribution in [3.8, 4) is 0 Å². The van der Waals surface area contributed by atoms with E-state index in [4.69, 9.17) is 9.84 Å². The van der Waals surface area contributed by atoms with Crippen molar-refractivity contribution in [2.24, 2.45) is 5.92 Å². The van der Waals surface area contributed by atoms with Crippen LogP contribution < -0.4 is 0 Å². The van der Waals surface area contributed by atoms with E-state index in [0.717, 1.165) is 38.9 Å². The fourth-order valence-electron chi connectivity index (χ4n) is 2.83. The summed E-state index contributed by atoms with van der Waals surface area (Å²) in [6.45, 7) is 2.17. The summed E-state index contributed by atoms with van der Waals surface area (Å²) in [6.07, 6.45) is 4.86. The highest BCUT2D eigenvalue weighted by molar-refractivity contribution is 5.84. The van der Waals surface area contributed by atoms with Gasteiger partial charge in [-0.2, -0.15) is 0 Å². The molecule has 2 saturated heterocycles. The number of aliphatic carboxylic acids is 1. The van der Waals surface area contributed by atoms with Gasteiger partial charge in [0, 0.05) is 26.2 Å². The van der Waals surface area contributed by atoms with Crippen molar-refractivity contribution >= 4 is 11.9 Å². The van der Waals surface area contributed by atoms with Gasteiger partial charge < -0.3 is 14.7 Å². The summed E-state index contributed by atoms with van der Waals surface area (Å²) in [5, 5.41) is 9.04. The van der Waals surface area contributed by atoms with E-state index in [1.165, 1.54) is 4.90 Å². The molecule has 0 bridgehead atoms. The lowest BCUT2D eigenvalue weighted by atomic mass is 9.96. The molecule has 2 atom stereocenters. The third-order valence-corrected chi connectivity index (χ3v) is 3.88. The van der Waals surface area contributed by atoms with Gasteiger partial charge in [0.15, 0.2) is 0 Å². The Kier molecular flexibility index (Phi) is 4.58. The molecule has 102 valence electrons. The Morgan fingerprint density at radius 3 is 2.78 bits per heavy atom. The van der Waals surface area contributed by atoms with Gasteiger partial charge in [-0.25, -0.2) is 4.79 Å². The second-order valence-corrected chi connectivity index (χ2v) is 5.21. The number of hydrogen-bond donors (Lipinski definition) is 1. The Morgan fingerprint density at radius 1 is 1.28 bits per heavy atom. The highest BCUT2D eigenvalue weighted by atomic mass is 16.5. The summed E-state index contributed by atoms with van der Waals surface area (Å²) >= 11 is 0. The molecule has 5 nitrogen and oxygen atoms in total. The summed E-state index contributed by atoms with van der Waals surface area (Å²) in [4.78, 5) is 24.6. The molecule has 0 aliphatic carbocycles. The highest BCUT2D eigenvalue weighted by Crippen LogP contribution is 2.22. The van der Waals surface area contributed by atoms with Gasteiger partial charge in [-0.05, 0) is 38.0 Å². The Morgan fingerprint density at radius 2 is 2.11 bits per heavy atom. The summed E-state index contributed by atoms with van der Waals surface area (Å²) in [5.41, 5.74) is 0. The molecule has 2 aliphatic rings. The van der Waals surface area contributed by atoms with Crippen molar-refractivity contribution in [1.82, 2.24) is 4.90 Å². The van der Waals surface area contributed by atoms with Crippen molar-refractivity contribution in [3.63, 3.8) is 0 Å². The van der Waals surface area contributed by atoms with Crippen LogP contribution in [0.1, 0.15) is 38.5 Å². The van der Waals surface area contributed by atoms with E-state index < -0.39 is 12.0 Å². The molecular formula is C13H21NO4. The number of likely N-dealkylation sites (tertiary alicyclic amines) is 1. The minimum Gasteiger partial charge on any atom is -0.480 e. The molecule has 0 spiro atoms. The van der Waals surface area contributed by atoms with Crippen LogP contribution in [0.25, 0.3) is 0 Å². The molecule has 2 rings (SSSR count). The normalized spacial score (nSPS) is 28.3. The zero-order chi connectivity index (χ0) is 13.0. The monoisotopic (exact) mass is 255 g/mol. The second kappa shape index (κ2) is 6.18. The fraction of sp³-hybridized carbons (Fsp3) is 0.846. The van der Waals surface area contributed by atoms with Crippen molar-refractivity contribution in [1.29, 1.82) is 0 Å². The number of hydrogen-bond acceptors (Lipinski definition) is 3. The third-order valence-electron chi connectivity index (χ3n) is 3.88. The minimum atomic E-state index is -0.873. The molecule has 1 N–H and O–H groups in total. The first kappa shape index (κ1) is 13.3.